The highest BCUT2D eigenvalue weighted by molar-refractivity contribution is 5.90. The quantitative estimate of drug-likeness (QED) is 0.516. The number of hydrogen-bond donors (Lipinski definition) is 2. The molecule has 5 heteroatoms. The van der Waals surface area contributed by atoms with Gasteiger partial charge in [-0.15, -0.1) is 0 Å². The molecule has 1 unspecified atom stereocenters. The molecule has 24 heavy (non-hydrogen) atoms. The van der Waals surface area contributed by atoms with Gasteiger partial charge in [0.15, 0.2) is 0 Å². The molecule has 3 rings (SSSR count). The zero-order chi connectivity index (χ0) is 16.9. The van der Waals surface area contributed by atoms with E-state index in [4.69, 9.17) is 9.15 Å². The predicted octanol–water partition coefficient (Wildman–Crippen LogP) is 2.69. The average molecular weight is 327 g/mol. The lowest BCUT2D eigenvalue weighted by atomic mass is 10.1. The van der Waals surface area contributed by atoms with Gasteiger partial charge in [0.2, 0.25) is 5.43 Å². The van der Waals surface area contributed by atoms with Gasteiger partial charge in [-0.25, -0.2) is 0 Å². The fourth-order valence-corrected chi connectivity index (χ4v) is 2.53. The summed E-state index contributed by atoms with van der Waals surface area (Å²) in [6, 6.07) is 12.5. The average Bonchev–Trinajstić information content (AvgIpc) is 2.62. The van der Waals surface area contributed by atoms with E-state index in [-0.39, 0.29) is 11.5 Å². The molecule has 1 heterocycles. The maximum absolute atomic E-state index is 12.6. The molecule has 2 N–H and O–H groups in total. The van der Waals surface area contributed by atoms with E-state index in [2.05, 4.69) is 5.32 Å². The van der Waals surface area contributed by atoms with E-state index in [1.807, 2.05) is 19.1 Å². The molecule has 3 aromatic rings. The molecule has 1 aromatic heterocycles. The van der Waals surface area contributed by atoms with Crippen LogP contribution in [0.2, 0.25) is 0 Å². The molecular formula is C19H21NO4. The van der Waals surface area contributed by atoms with Crippen molar-refractivity contribution in [3.63, 3.8) is 0 Å². The van der Waals surface area contributed by atoms with Gasteiger partial charge in [-0.1, -0.05) is 19.1 Å². The van der Waals surface area contributed by atoms with Crippen LogP contribution in [0.1, 0.15) is 13.3 Å². The molecule has 1 atom stereocenters. The monoisotopic (exact) mass is 327 g/mol. The first-order valence-corrected chi connectivity index (χ1v) is 8.16. The summed E-state index contributed by atoms with van der Waals surface area (Å²) < 4.78 is 11.4. The molecular weight excluding hydrogens is 306 g/mol. The number of benzene rings is 2. The van der Waals surface area contributed by atoms with Gasteiger partial charge in [0, 0.05) is 13.1 Å². The van der Waals surface area contributed by atoms with E-state index in [1.165, 1.54) is 0 Å². The lowest BCUT2D eigenvalue weighted by Crippen LogP contribution is -2.29. The van der Waals surface area contributed by atoms with Crippen LogP contribution in [0, 0.1) is 0 Å². The van der Waals surface area contributed by atoms with Crippen molar-refractivity contribution >= 4 is 21.9 Å². The molecule has 0 saturated carbocycles. The van der Waals surface area contributed by atoms with Gasteiger partial charge in [-0.05, 0) is 36.8 Å². The molecule has 0 spiro atoms. The molecule has 2 aromatic carbocycles. The molecule has 0 aliphatic rings. The Balaban J connectivity index is 1.73. The normalized spacial score (nSPS) is 12.6. The lowest BCUT2D eigenvalue weighted by Gasteiger charge is -2.10. The fourth-order valence-electron chi connectivity index (χ4n) is 2.53. The summed E-state index contributed by atoms with van der Waals surface area (Å²) in [5.74, 6) is 0.628. The van der Waals surface area contributed by atoms with Crippen LogP contribution >= 0.6 is 0 Å². The van der Waals surface area contributed by atoms with E-state index in [0.717, 1.165) is 6.42 Å². The first-order valence-electron chi connectivity index (χ1n) is 8.16. The zero-order valence-electron chi connectivity index (χ0n) is 13.6. The Morgan fingerprint density at radius 3 is 2.79 bits per heavy atom. The van der Waals surface area contributed by atoms with Crippen LogP contribution in [-0.4, -0.2) is 30.9 Å². The van der Waals surface area contributed by atoms with Gasteiger partial charge >= 0.3 is 0 Å². The third kappa shape index (κ3) is 3.58. The second-order valence-corrected chi connectivity index (χ2v) is 5.70. The van der Waals surface area contributed by atoms with Crippen molar-refractivity contribution in [3.8, 4) is 5.75 Å². The Morgan fingerprint density at radius 2 is 1.96 bits per heavy atom. The van der Waals surface area contributed by atoms with E-state index < -0.39 is 0 Å². The summed E-state index contributed by atoms with van der Waals surface area (Å²) in [7, 11) is 0. The molecule has 0 amide bonds. The Kier molecular flexibility index (Phi) is 5.13. The van der Waals surface area contributed by atoms with Crippen molar-refractivity contribution in [2.24, 2.45) is 0 Å². The minimum Gasteiger partial charge on any atom is -0.492 e. The Hall–Kier alpha value is -2.37. The number of fused-ring (bicyclic) bond motifs is 2. The SMILES string of the molecule is CCC(O)CNCCOc1ccc2oc3ccccc3c(=O)c2c1. The number of aliphatic hydroxyl groups is 1. The zero-order valence-corrected chi connectivity index (χ0v) is 13.6. The van der Waals surface area contributed by atoms with Gasteiger partial charge in [-0.2, -0.15) is 0 Å². The van der Waals surface area contributed by atoms with Crippen LogP contribution in [0.15, 0.2) is 51.7 Å². The summed E-state index contributed by atoms with van der Waals surface area (Å²) in [5.41, 5.74) is 1.08. The van der Waals surface area contributed by atoms with Gasteiger partial charge in [0.1, 0.15) is 23.5 Å². The summed E-state index contributed by atoms with van der Waals surface area (Å²) in [6.45, 7) is 3.57. The number of aliphatic hydroxyl groups excluding tert-OH is 1. The second kappa shape index (κ2) is 7.47. The van der Waals surface area contributed by atoms with Crippen LogP contribution in [-0.2, 0) is 0 Å². The van der Waals surface area contributed by atoms with Crippen molar-refractivity contribution in [2.75, 3.05) is 19.7 Å². The Bertz CT molecular complexity index is 887. The molecule has 0 aliphatic carbocycles. The molecule has 5 nitrogen and oxygen atoms in total. The van der Waals surface area contributed by atoms with Crippen molar-refractivity contribution < 1.29 is 14.3 Å². The summed E-state index contributed by atoms with van der Waals surface area (Å²) in [5, 5.41) is 13.7. The summed E-state index contributed by atoms with van der Waals surface area (Å²) in [6.07, 6.45) is 0.394. The standard InChI is InChI=1S/C19H21NO4/c1-2-13(21)12-20-9-10-23-14-7-8-18-16(11-14)19(22)15-5-3-4-6-17(15)24-18/h3-8,11,13,20-21H,2,9-10,12H2,1H3. The Morgan fingerprint density at radius 1 is 1.17 bits per heavy atom. The number of para-hydroxylation sites is 1. The number of nitrogens with one attached hydrogen (secondary N) is 1. The fraction of sp³-hybridized carbons (Fsp3) is 0.316. The largest absolute Gasteiger partial charge is 0.492 e. The van der Waals surface area contributed by atoms with Crippen molar-refractivity contribution in [2.45, 2.75) is 19.4 Å². The van der Waals surface area contributed by atoms with Crippen LogP contribution in [0.25, 0.3) is 21.9 Å². The van der Waals surface area contributed by atoms with Crippen molar-refractivity contribution in [3.05, 3.63) is 52.7 Å². The maximum Gasteiger partial charge on any atom is 0.200 e. The highest BCUT2D eigenvalue weighted by atomic mass is 16.5. The third-order valence-corrected chi connectivity index (χ3v) is 3.95. The number of rotatable bonds is 7. The van der Waals surface area contributed by atoms with Crippen LogP contribution < -0.4 is 15.5 Å². The Labute approximate surface area is 139 Å². The van der Waals surface area contributed by atoms with Gasteiger partial charge in [0.05, 0.1) is 16.9 Å². The second-order valence-electron chi connectivity index (χ2n) is 5.70. The number of hydrogen-bond acceptors (Lipinski definition) is 5. The smallest absolute Gasteiger partial charge is 0.200 e. The molecule has 0 radical (unpaired) electrons. The van der Waals surface area contributed by atoms with E-state index in [0.29, 0.717) is 47.4 Å². The van der Waals surface area contributed by atoms with Gasteiger partial charge in [-0.3, -0.25) is 4.79 Å². The molecule has 0 aliphatic heterocycles. The predicted molar refractivity (Wildman–Crippen MR) is 94.7 cm³/mol. The van der Waals surface area contributed by atoms with E-state index in [1.54, 1.807) is 30.3 Å². The maximum atomic E-state index is 12.6. The molecule has 0 saturated heterocycles. The summed E-state index contributed by atoms with van der Waals surface area (Å²) >= 11 is 0. The highest BCUT2D eigenvalue weighted by Gasteiger charge is 2.08. The molecule has 0 fully saturated rings. The first kappa shape index (κ1) is 16.5. The summed E-state index contributed by atoms with van der Waals surface area (Å²) in [4.78, 5) is 12.6. The number of ether oxygens (including phenoxy) is 1. The van der Waals surface area contributed by atoms with Gasteiger partial charge in [0.25, 0.3) is 0 Å². The topological polar surface area (TPSA) is 71.7 Å². The van der Waals surface area contributed by atoms with Crippen LogP contribution in [0.4, 0.5) is 0 Å². The lowest BCUT2D eigenvalue weighted by molar-refractivity contribution is 0.165. The minimum absolute atomic E-state index is 0.0542. The van der Waals surface area contributed by atoms with Crippen molar-refractivity contribution in [1.29, 1.82) is 0 Å². The van der Waals surface area contributed by atoms with Crippen molar-refractivity contribution in [1.82, 2.24) is 5.32 Å². The third-order valence-electron chi connectivity index (χ3n) is 3.95. The molecule has 0 bridgehead atoms. The van der Waals surface area contributed by atoms with Gasteiger partial charge < -0.3 is 19.6 Å². The van der Waals surface area contributed by atoms with E-state index in [9.17, 15) is 9.90 Å². The highest BCUT2D eigenvalue weighted by Crippen LogP contribution is 2.22. The molecule has 126 valence electrons. The van der Waals surface area contributed by atoms with Crippen LogP contribution in [0.5, 0.6) is 5.75 Å². The first-order chi connectivity index (χ1) is 11.7. The van der Waals surface area contributed by atoms with Crippen LogP contribution in [0.3, 0.4) is 0 Å². The van der Waals surface area contributed by atoms with E-state index >= 15 is 0 Å². The minimum atomic E-state index is -0.330.